The summed E-state index contributed by atoms with van der Waals surface area (Å²) >= 11 is 0. The minimum absolute atomic E-state index is 0.147. The number of hydrogen-bond acceptors (Lipinski definition) is 5. The highest BCUT2D eigenvalue weighted by molar-refractivity contribution is 5.47. The lowest BCUT2D eigenvalue weighted by atomic mass is 9.89. The van der Waals surface area contributed by atoms with E-state index in [1.807, 2.05) is 19.1 Å². The van der Waals surface area contributed by atoms with Crippen molar-refractivity contribution in [1.82, 2.24) is 4.98 Å². The van der Waals surface area contributed by atoms with Crippen LogP contribution in [0.1, 0.15) is 36.1 Å². The standard InChI is InChI=1S/C20H23N3O2/c1-14-7-8-16(13-21)20(22-14)25-9-3-5-15-4-2-6-17(10-15)23-18-11-19(24)12-18/h2,4,6-8,10,18-19,23-24H,3,5,9,11-12H2,1H3. The molecule has 3 rings (SSSR count). The quantitative estimate of drug-likeness (QED) is 0.759. The molecule has 1 aliphatic rings. The van der Waals surface area contributed by atoms with Gasteiger partial charge < -0.3 is 15.2 Å². The van der Waals surface area contributed by atoms with Gasteiger partial charge in [-0.3, -0.25) is 0 Å². The zero-order valence-corrected chi connectivity index (χ0v) is 14.4. The molecule has 5 heteroatoms. The molecule has 130 valence electrons. The number of nitriles is 1. The summed E-state index contributed by atoms with van der Waals surface area (Å²) < 4.78 is 5.69. The summed E-state index contributed by atoms with van der Waals surface area (Å²) in [5.74, 6) is 0.418. The first-order valence-corrected chi connectivity index (χ1v) is 8.68. The van der Waals surface area contributed by atoms with E-state index in [9.17, 15) is 5.11 Å². The molecule has 1 aliphatic carbocycles. The summed E-state index contributed by atoms with van der Waals surface area (Å²) in [5.41, 5.74) is 3.65. The largest absolute Gasteiger partial charge is 0.477 e. The lowest BCUT2D eigenvalue weighted by molar-refractivity contribution is 0.0836. The fraction of sp³-hybridized carbons (Fsp3) is 0.400. The number of aliphatic hydroxyl groups is 1. The first kappa shape index (κ1) is 17.2. The van der Waals surface area contributed by atoms with Gasteiger partial charge in [0.15, 0.2) is 0 Å². The summed E-state index contributed by atoms with van der Waals surface area (Å²) in [6.07, 6.45) is 3.25. The number of nitrogens with zero attached hydrogens (tertiary/aromatic N) is 2. The van der Waals surface area contributed by atoms with Gasteiger partial charge in [-0.1, -0.05) is 12.1 Å². The van der Waals surface area contributed by atoms with E-state index in [1.165, 1.54) is 5.56 Å². The first-order valence-electron chi connectivity index (χ1n) is 8.68. The fourth-order valence-electron chi connectivity index (χ4n) is 2.93. The van der Waals surface area contributed by atoms with Crippen LogP contribution in [0.3, 0.4) is 0 Å². The van der Waals surface area contributed by atoms with Crippen molar-refractivity contribution < 1.29 is 9.84 Å². The lowest BCUT2D eigenvalue weighted by Crippen LogP contribution is -2.38. The molecule has 2 aromatic rings. The monoisotopic (exact) mass is 337 g/mol. The highest BCUT2D eigenvalue weighted by Crippen LogP contribution is 2.24. The molecule has 0 aliphatic heterocycles. The van der Waals surface area contributed by atoms with Crippen molar-refractivity contribution in [3.05, 3.63) is 53.2 Å². The second kappa shape index (κ2) is 8.00. The van der Waals surface area contributed by atoms with Crippen LogP contribution in [0.15, 0.2) is 36.4 Å². The number of aliphatic hydroxyl groups excluding tert-OH is 1. The molecule has 1 heterocycles. The first-order chi connectivity index (χ1) is 12.1. The van der Waals surface area contributed by atoms with E-state index < -0.39 is 0 Å². The molecule has 1 saturated carbocycles. The highest BCUT2D eigenvalue weighted by Gasteiger charge is 2.26. The Balaban J connectivity index is 1.48. The molecule has 0 unspecified atom stereocenters. The molecular formula is C20H23N3O2. The van der Waals surface area contributed by atoms with Crippen LogP contribution in [0, 0.1) is 18.3 Å². The molecule has 1 fully saturated rings. The summed E-state index contributed by atoms with van der Waals surface area (Å²) in [7, 11) is 0. The molecule has 0 amide bonds. The molecular weight excluding hydrogens is 314 g/mol. The van der Waals surface area contributed by atoms with Crippen LogP contribution in [0.25, 0.3) is 0 Å². The minimum atomic E-state index is -0.147. The number of hydrogen-bond donors (Lipinski definition) is 2. The van der Waals surface area contributed by atoms with Gasteiger partial charge >= 0.3 is 0 Å². The van der Waals surface area contributed by atoms with Gasteiger partial charge in [-0.05, 0) is 62.4 Å². The van der Waals surface area contributed by atoms with E-state index in [-0.39, 0.29) is 6.10 Å². The lowest BCUT2D eigenvalue weighted by Gasteiger charge is -2.32. The van der Waals surface area contributed by atoms with Gasteiger partial charge in [0.05, 0.1) is 12.7 Å². The number of aromatic nitrogens is 1. The van der Waals surface area contributed by atoms with Gasteiger partial charge in [0.25, 0.3) is 0 Å². The molecule has 0 saturated heterocycles. The van der Waals surface area contributed by atoms with Crippen LogP contribution in [-0.4, -0.2) is 28.8 Å². The number of ether oxygens (including phenoxy) is 1. The van der Waals surface area contributed by atoms with E-state index in [0.717, 1.165) is 37.1 Å². The van der Waals surface area contributed by atoms with E-state index in [2.05, 4.69) is 34.6 Å². The maximum atomic E-state index is 9.36. The highest BCUT2D eigenvalue weighted by atomic mass is 16.5. The van der Waals surface area contributed by atoms with Gasteiger partial charge in [0, 0.05) is 17.4 Å². The van der Waals surface area contributed by atoms with E-state index in [4.69, 9.17) is 10.00 Å². The number of benzene rings is 1. The Hall–Kier alpha value is -2.58. The van der Waals surface area contributed by atoms with Crippen LogP contribution in [-0.2, 0) is 6.42 Å². The Bertz CT molecular complexity index is 764. The molecule has 5 nitrogen and oxygen atoms in total. The Morgan fingerprint density at radius 3 is 2.92 bits per heavy atom. The smallest absolute Gasteiger partial charge is 0.231 e. The zero-order chi connectivity index (χ0) is 17.6. The molecule has 1 aromatic carbocycles. The second-order valence-electron chi connectivity index (χ2n) is 6.54. The van der Waals surface area contributed by atoms with E-state index in [1.54, 1.807) is 6.07 Å². The Kier molecular flexibility index (Phi) is 5.52. The van der Waals surface area contributed by atoms with Gasteiger partial charge in [-0.15, -0.1) is 0 Å². The third kappa shape index (κ3) is 4.71. The van der Waals surface area contributed by atoms with Crippen molar-refractivity contribution in [1.29, 1.82) is 5.26 Å². The summed E-state index contributed by atoms with van der Waals surface area (Å²) in [5, 5.41) is 21.9. The maximum Gasteiger partial charge on any atom is 0.231 e. The zero-order valence-electron chi connectivity index (χ0n) is 14.4. The molecule has 25 heavy (non-hydrogen) atoms. The predicted octanol–water partition coefficient (Wildman–Crippen LogP) is 3.21. The Labute approximate surface area is 148 Å². The third-order valence-electron chi connectivity index (χ3n) is 4.38. The van der Waals surface area contributed by atoms with Gasteiger partial charge in [0.2, 0.25) is 5.88 Å². The topological polar surface area (TPSA) is 78.2 Å². The molecule has 1 aromatic heterocycles. The SMILES string of the molecule is Cc1ccc(C#N)c(OCCCc2cccc(NC3CC(O)C3)c2)n1. The predicted molar refractivity (Wildman–Crippen MR) is 96.6 cm³/mol. The number of rotatable bonds is 7. The number of pyridine rings is 1. The summed E-state index contributed by atoms with van der Waals surface area (Å²) in [6, 6.07) is 14.4. The number of aryl methyl sites for hydroxylation is 2. The van der Waals surface area contributed by atoms with Crippen molar-refractivity contribution >= 4 is 5.69 Å². The van der Waals surface area contributed by atoms with Crippen LogP contribution in [0.2, 0.25) is 0 Å². The number of nitrogens with one attached hydrogen (secondary N) is 1. The van der Waals surface area contributed by atoms with Crippen molar-refractivity contribution in [3.63, 3.8) is 0 Å². The Morgan fingerprint density at radius 1 is 1.32 bits per heavy atom. The average Bonchev–Trinajstić information content (AvgIpc) is 2.58. The fourth-order valence-corrected chi connectivity index (χ4v) is 2.93. The molecule has 0 atom stereocenters. The van der Waals surface area contributed by atoms with Crippen LogP contribution in [0.4, 0.5) is 5.69 Å². The van der Waals surface area contributed by atoms with Crippen LogP contribution in [0.5, 0.6) is 5.88 Å². The molecule has 2 N–H and O–H groups in total. The van der Waals surface area contributed by atoms with Crippen molar-refractivity contribution in [2.45, 2.75) is 44.8 Å². The number of anilines is 1. The maximum absolute atomic E-state index is 9.36. The van der Waals surface area contributed by atoms with Crippen molar-refractivity contribution in [2.24, 2.45) is 0 Å². The van der Waals surface area contributed by atoms with E-state index in [0.29, 0.717) is 24.1 Å². The van der Waals surface area contributed by atoms with Gasteiger partial charge in [0.1, 0.15) is 11.6 Å². The van der Waals surface area contributed by atoms with Crippen LogP contribution < -0.4 is 10.1 Å². The molecule has 0 spiro atoms. The molecule has 0 radical (unpaired) electrons. The van der Waals surface area contributed by atoms with Gasteiger partial charge in [-0.2, -0.15) is 5.26 Å². The minimum Gasteiger partial charge on any atom is -0.477 e. The van der Waals surface area contributed by atoms with E-state index >= 15 is 0 Å². The van der Waals surface area contributed by atoms with Crippen molar-refractivity contribution in [3.8, 4) is 11.9 Å². The van der Waals surface area contributed by atoms with Crippen molar-refractivity contribution in [2.75, 3.05) is 11.9 Å². The molecule has 0 bridgehead atoms. The summed E-state index contributed by atoms with van der Waals surface area (Å²) in [6.45, 7) is 2.41. The summed E-state index contributed by atoms with van der Waals surface area (Å²) in [4.78, 5) is 4.28. The van der Waals surface area contributed by atoms with Gasteiger partial charge in [-0.25, -0.2) is 4.98 Å². The normalized spacial score (nSPS) is 18.9. The Morgan fingerprint density at radius 2 is 2.16 bits per heavy atom. The average molecular weight is 337 g/mol. The van der Waals surface area contributed by atoms with Crippen LogP contribution >= 0.6 is 0 Å². The second-order valence-corrected chi connectivity index (χ2v) is 6.54. The third-order valence-corrected chi connectivity index (χ3v) is 4.38.